The Morgan fingerprint density at radius 2 is 1.86 bits per heavy atom. The Bertz CT molecular complexity index is 674. The first kappa shape index (κ1) is 15.5. The molecule has 0 aliphatic carbocycles. The van der Waals surface area contributed by atoms with Crippen LogP contribution in [0.25, 0.3) is 0 Å². The predicted molar refractivity (Wildman–Crippen MR) is 78.7 cm³/mol. The molecule has 2 rings (SSSR count). The van der Waals surface area contributed by atoms with E-state index in [9.17, 15) is 14.0 Å². The van der Waals surface area contributed by atoms with Crippen LogP contribution in [0.4, 0.5) is 4.39 Å². The predicted octanol–water partition coefficient (Wildman–Crippen LogP) is 1.62. The Morgan fingerprint density at radius 1 is 1.14 bits per heavy atom. The number of hydrogen-bond donors (Lipinski definition) is 2. The number of halogens is 1. The van der Waals surface area contributed by atoms with E-state index in [2.05, 4.69) is 5.32 Å². The van der Waals surface area contributed by atoms with E-state index in [0.717, 1.165) is 11.6 Å². The summed E-state index contributed by atoms with van der Waals surface area (Å²) < 4.78 is 19.4. The highest BCUT2D eigenvalue weighted by molar-refractivity contribution is 5.96. The van der Waals surface area contributed by atoms with Gasteiger partial charge in [-0.3, -0.25) is 9.59 Å². The zero-order chi connectivity index (χ0) is 15.9. The van der Waals surface area contributed by atoms with Crippen LogP contribution in [0, 0.1) is 5.82 Å². The van der Waals surface area contributed by atoms with Crippen molar-refractivity contribution >= 4 is 11.8 Å². The van der Waals surface area contributed by atoms with Gasteiger partial charge in [-0.05, 0) is 17.7 Å². The summed E-state index contributed by atoms with van der Waals surface area (Å²) in [7, 11) is 0. The minimum absolute atomic E-state index is 0.173. The van der Waals surface area contributed by atoms with Gasteiger partial charge in [-0.15, -0.1) is 0 Å². The molecule has 0 spiro atoms. The fourth-order valence-electron chi connectivity index (χ4n) is 1.77. The van der Waals surface area contributed by atoms with Crippen LogP contribution in [0.1, 0.15) is 15.9 Å². The summed E-state index contributed by atoms with van der Waals surface area (Å²) in [5.74, 6) is -1.82. The molecule has 6 heteroatoms. The molecule has 2 aromatic carbocycles. The van der Waals surface area contributed by atoms with Crippen LogP contribution < -0.4 is 15.8 Å². The Hall–Kier alpha value is -2.89. The van der Waals surface area contributed by atoms with Crippen molar-refractivity contribution in [3.63, 3.8) is 0 Å². The summed E-state index contributed by atoms with van der Waals surface area (Å²) in [6.45, 7) is -0.0436. The molecule has 0 unspecified atom stereocenters. The minimum atomic E-state index is -0.729. The molecule has 5 nitrogen and oxygen atoms in total. The van der Waals surface area contributed by atoms with Crippen molar-refractivity contribution in [2.45, 2.75) is 6.61 Å². The highest BCUT2D eigenvalue weighted by Crippen LogP contribution is 2.18. The van der Waals surface area contributed by atoms with Crippen LogP contribution in [0.5, 0.6) is 5.75 Å². The summed E-state index contributed by atoms with van der Waals surface area (Å²) in [6, 6.07) is 13.4. The first-order chi connectivity index (χ1) is 10.6. The van der Waals surface area contributed by atoms with Crippen molar-refractivity contribution < 1.29 is 18.7 Å². The molecule has 0 saturated carbocycles. The fraction of sp³-hybridized carbons (Fsp3) is 0.125. The van der Waals surface area contributed by atoms with Gasteiger partial charge in [-0.1, -0.05) is 30.3 Å². The van der Waals surface area contributed by atoms with Crippen molar-refractivity contribution in [1.82, 2.24) is 5.32 Å². The van der Waals surface area contributed by atoms with Gasteiger partial charge in [0, 0.05) is 6.07 Å². The lowest BCUT2D eigenvalue weighted by molar-refractivity contribution is -0.117. The van der Waals surface area contributed by atoms with Crippen LogP contribution in [0.2, 0.25) is 0 Å². The van der Waals surface area contributed by atoms with E-state index >= 15 is 0 Å². The first-order valence-corrected chi connectivity index (χ1v) is 6.59. The third-order valence-electron chi connectivity index (χ3n) is 2.86. The van der Waals surface area contributed by atoms with Crippen LogP contribution in [-0.2, 0) is 11.4 Å². The number of carbonyl (C=O) groups excluding carboxylic acids is 2. The molecule has 0 bridgehead atoms. The van der Waals surface area contributed by atoms with Gasteiger partial charge in [0.25, 0.3) is 5.91 Å². The number of primary amides is 1. The average molecular weight is 302 g/mol. The molecular formula is C16H15FN2O3. The minimum Gasteiger partial charge on any atom is -0.489 e. The summed E-state index contributed by atoms with van der Waals surface area (Å²) in [4.78, 5) is 22.2. The second-order valence-electron chi connectivity index (χ2n) is 4.56. The zero-order valence-corrected chi connectivity index (χ0v) is 11.7. The molecular weight excluding hydrogens is 287 g/mol. The molecule has 22 heavy (non-hydrogen) atoms. The van der Waals surface area contributed by atoms with E-state index in [1.54, 1.807) is 0 Å². The van der Waals surface area contributed by atoms with Gasteiger partial charge in [-0.2, -0.15) is 0 Å². The third-order valence-corrected chi connectivity index (χ3v) is 2.86. The standard InChI is InChI=1S/C16H15FN2O3/c17-14-8-12(22-10-11-4-2-1-3-5-11)6-7-13(14)16(21)19-9-15(18)20/h1-8H,9-10H2,(H2,18,20)(H,19,21). The normalized spacial score (nSPS) is 10.0. The molecule has 0 radical (unpaired) electrons. The Balaban J connectivity index is 2.00. The summed E-state index contributed by atoms with van der Waals surface area (Å²) in [5, 5.41) is 2.22. The quantitative estimate of drug-likeness (QED) is 0.850. The molecule has 114 valence electrons. The van der Waals surface area contributed by atoms with E-state index in [1.165, 1.54) is 12.1 Å². The average Bonchev–Trinajstić information content (AvgIpc) is 2.51. The zero-order valence-electron chi connectivity index (χ0n) is 11.7. The second kappa shape index (κ2) is 7.21. The molecule has 0 aromatic heterocycles. The number of ether oxygens (including phenoxy) is 1. The van der Waals surface area contributed by atoms with Crippen LogP contribution in [-0.4, -0.2) is 18.4 Å². The number of amides is 2. The fourth-order valence-corrected chi connectivity index (χ4v) is 1.77. The Morgan fingerprint density at radius 3 is 2.50 bits per heavy atom. The SMILES string of the molecule is NC(=O)CNC(=O)c1ccc(OCc2ccccc2)cc1F. The second-order valence-corrected chi connectivity index (χ2v) is 4.56. The molecule has 0 aliphatic heterocycles. The highest BCUT2D eigenvalue weighted by Gasteiger charge is 2.13. The van der Waals surface area contributed by atoms with Crippen molar-refractivity contribution in [2.24, 2.45) is 5.73 Å². The van der Waals surface area contributed by atoms with Gasteiger partial charge in [0.05, 0.1) is 12.1 Å². The maximum Gasteiger partial charge on any atom is 0.254 e. The van der Waals surface area contributed by atoms with Crippen molar-refractivity contribution in [1.29, 1.82) is 0 Å². The maximum absolute atomic E-state index is 13.9. The lowest BCUT2D eigenvalue weighted by Crippen LogP contribution is -2.33. The largest absolute Gasteiger partial charge is 0.489 e. The smallest absolute Gasteiger partial charge is 0.254 e. The van der Waals surface area contributed by atoms with Gasteiger partial charge >= 0.3 is 0 Å². The molecule has 0 heterocycles. The van der Waals surface area contributed by atoms with Gasteiger partial charge in [0.1, 0.15) is 18.2 Å². The maximum atomic E-state index is 13.9. The molecule has 0 saturated heterocycles. The van der Waals surface area contributed by atoms with Gasteiger partial charge in [0.15, 0.2) is 0 Å². The van der Waals surface area contributed by atoms with Gasteiger partial charge in [-0.25, -0.2) is 4.39 Å². The van der Waals surface area contributed by atoms with E-state index in [0.29, 0.717) is 12.4 Å². The third kappa shape index (κ3) is 4.31. The number of nitrogens with two attached hydrogens (primary N) is 1. The monoisotopic (exact) mass is 302 g/mol. The number of nitrogens with one attached hydrogen (secondary N) is 1. The number of hydrogen-bond acceptors (Lipinski definition) is 3. The first-order valence-electron chi connectivity index (χ1n) is 6.59. The lowest BCUT2D eigenvalue weighted by atomic mass is 10.2. The van der Waals surface area contributed by atoms with Crippen molar-refractivity contribution in [3.05, 3.63) is 65.5 Å². The molecule has 0 fully saturated rings. The molecule has 2 amide bonds. The summed E-state index contributed by atoms with van der Waals surface area (Å²) in [6.07, 6.45) is 0. The van der Waals surface area contributed by atoms with E-state index in [-0.39, 0.29) is 12.1 Å². The molecule has 0 aliphatic rings. The Kier molecular flexibility index (Phi) is 5.08. The summed E-state index contributed by atoms with van der Waals surface area (Å²) >= 11 is 0. The van der Waals surface area contributed by atoms with E-state index < -0.39 is 17.6 Å². The van der Waals surface area contributed by atoms with E-state index in [1.807, 2.05) is 30.3 Å². The van der Waals surface area contributed by atoms with Crippen LogP contribution in [0.3, 0.4) is 0 Å². The van der Waals surface area contributed by atoms with Crippen LogP contribution >= 0.6 is 0 Å². The summed E-state index contributed by atoms with van der Waals surface area (Å²) in [5.41, 5.74) is 5.69. The van der Waals surface area contributed by atoms with E-state index in [4.69, 9.17) is 10.5 Å². The topological polar surface area (TPSA) is 81.4 Å². The van der Waals surface area contributed by atoms with Crippen molar-refractivity contribution in [3.8, 4) is 5.75 Å². The van der Waals surface area contributed by atoms with Gasteiger partial charge < -0.3 is 15.8 Å². The molecule has 3 N–H and O–H groups in total. The van der Waals surface area contributed by atoms with Crippen molar-refractivity contribution in [2.75, 3.05) is 6.54 Å². The number of rotatable bonds is 6. The van der Waals surface area contributed by atoms with Crippen LogP contribution in [0.15, 0.2) is 48.5 Å². The number of benzene rings is 2. The lowest BCUT2D eigenvalue weighted by Gasteiger charge is -2.08. The Labute approximate surface area is 126 Å². The molecule has 2 aromatic rings. The number of carbonyl (C=O) groups is 2. The van der Waals surface area contributed by atoms with Gasteiger partial charge in [0.2, 0.25) is 5.91 Å². The molecule has 0 atom stereocenters. The highest BCUT2D eigenvalue weighted by atomic mass is 19.1.